The number of hydrogen-bond acceptors (Lipinski definition) is 11. The van der Waals surface area contributed by atoms with Crippen LogP contribution in [0.25, 0.3) is 0 Å². The Morgan fingerprint density at radius 2 is 1.80 bits per heavy atom. The number of carbonyl (C=O) groups is 5. The molecule has 2 aromatic heterocycles. The topological polar surface area (TPSA) is 184 Å². The van der Waals surface area contributed by atoms with Gasteiger partial charge in [0.1, 0.15) is 22.1 Å². The Balaban J connectivity index is 1.48. The number of likely N-dealkylation sites (tertiary alicyclic amines) is 1. The molecule has 1 aliphatic heterocycles. The highest BCUT2D eigenvalue weighted by Crippen LogP contribution is 2.39. The van der Waals surface area contributed by atoms with Gasteiger partial charge in [0.2, 0.25) is 11.8 Å². The Labute approximate surface area is 297 Å². The van der Waals surface area contributed by atoms with Crippen molar-refractivity contribution in [2.75, 3.05) is 20.6 Å². The molecule has 50 heavy (non-hydrogen) atoms. The maximum atomic E-state index is 14.0. The van der Waals surface area contributed by atoms with Gasteiger partial charge < -0.3 is 25.4 Å². The molecule has 0 bridgehead atoms. The SMILES string of the molecule is CC(=O)O[C@H](C[C@H](C(C)C)N(C)C(=O)C1(NC(=O)[C@H]2CCCCN2C)CC1)c1nc(C(=O)N[C@@H](Cc2ncc(C)cn2)C[C@H](C)C(=O)O)cs1. The number of amides is 3. The molecule has 3 amide bonds. The number of carboxylic acids is 1. The maximum absolute atomic E-state index is 14.0. The van der Waals surface area contributed by atoms with Crippen molar-refractivity contribution in [1.29, 1.82) is 0 Å². The molecule has 5 atom stereocenters. The molecule has 0 spiro atoms. The van der Waals surface area contributed by atoms with E-state index in [1.807, 2.05) is 32.7 Å². The van der Waals surface area contributed by atoms with E-state index in [-0.39, 0.29) is 54.8 Å². The number of aromatic nitrogens is 3. The summed E-state index contributed by atoms with van der Waals surface area (Å²) in [6.45, 7) is 9.53. The fraction of sp³-hybridized carbons (Fsp3) is 0.657. The first-order chi connectivity index (χ1) is 23.6. The molecule has 1 saturated heterocycles. The largest absolute Gasteiger partial charge is 0.481 e. The second-order valence-electron chi connectivity index (χ2n) is 14.2. The molecule has 3 heterocycles. The number of nitrogens with one attached hydrogen (secondary N) is 2. The van der Waals surface area contributed by atoms with E-state index in [0.29, 0.717) is 23.7 Å². The molecular weight excluding hydrogens is 662 g/mol. The number of rotatable bonds is 16. The molecule has 2 aromatic rings. The molecule has 1 aliphatic carbocycles. The van der Waals surface area contributed by atoms with Crippen molar-refractivity contribution >= 4 is 41.0 Å². The fourth-order valence-corrected chi connectivity index (χ4v) is 7.33. The van der Waals surface area contributed by atoms with Crippen molar-refractivity contribution in [3.05, 3.63) is 39.9 Å². The summed E-state index contributed by atoms with van der Waals surface area (Å²) < 4.78 is 5.73. The minimum absolute atomic E-state index is 0.0401. The Hall–Kier alpha value is -3.98. The molecule has 274 valence electrons. The lowest BCUT2D eigenvalue weighted by Crippen LogP contribution is -2.57. The van der Waals surface area contributed by atoms with Crippen LogP contribution in [0.4, 0.5) is 0 Å². The number of aryl methyl sites for hydroxylation is 1. The monoisotopic (exact) mass is 713 g/mol. The van der Waals surface area contributed by atoms with Crippen LogP contribution in [0.15, 0.2) is 17.8 Å². The summed E-state index contributed by atoms with van der Waals surface area (Å²) in [7, 11) is 3.65. The lowest BCUT2D eigenvalue weighted by molar-refractivity contribution is -0.149. The van der Waals surface area contributed by atoms with E-state index in [9.17, 15) is 29.1 Å². The molecule has 15 heteroatoms. The number of carbonyl (C=O) groups excluding carboxylic acids is 4. The zero-order chi connectivity index (χ0) is 36.7. The van der Waals surface area contributed by atoms with E-state index in [2.05, 4.69) is 25.6 Å². The van der Waals surface area contributed by atoms with Gasteiger partial charge >= 0.3 is 11.9 Å². The molecular formula is C35H51N7O7S. The van der Waals surface area contributed by atoms with Crippen LogP contribution < -0.4 is 10.6 Å². The van der Waals surface area contributed by atoms with E-state index >= 15 is 0 Å². The Bertz CT molecular complexity index is 1530. The zero-order valence-corrected chi connectivity index (χ0v) is 30.9. The second kappa shape index (κ2) is 16.8. The van der Waals surface area contributed by atoms with E-state index in [1.165, 1.54) is 6.92 Å². The van der Waals surface area contributed by atoms with Crippen LogP contribution in [0.1, 0.15) is 106 Å². The fourth-order valence-electron chi connectivity index (χ4n) is 6.49. The summed E-state index contributed by atoms with van der Waals surface area (Å²) in [4.78, 5) is 81.4. The molecule has 0 aromatic carbocycles. The highest BCUT2D eigenvalue weighted by Gasteiger charge is 2.54. The zero-order valence-electron chi connectivity index (χ0n) is 30.1. The van der Waals surface area contributed by atoms with Crippen LogP contribution in [-0.4, -0.2) is 104 Å². The molecule has 3 N–H and O–H groups in total. The van der Waals surface area contributed by atoms with Crippen molar-refractivity contribution in [3.63, 3.8) is 0 Å². The van der Waals surface area contributed by atoms with Gasteiger partial charge in [0, 0.05) is 56.7 Å². The van der Waals surface area contributed by atoms with Crippen molar-refractivity contribution in [1.82, 2.24) is 35.4 Å². The number of thiazole rings is 1. The van der Waals surface area contributed by atoms with Crippen LogP contribution in [-0.2, 0) is 30.3 Å². The first-order valence-corrected chi connectivity index (χ1v) is 18.2. The molecule has 14 nitrogen and oxygen atoms in total. The average Bonchev–Trinajstić information content (AvgIpc) is 3.66. The summed E-state index contributed by atoms with van der Waals surface area (Å²) in [6.07, 6.45) is 7.00. The summed E-state index contributed by atoms with van der Waals surface area (Å²) in [5.41, 5.74) is 0.0269. The summed E-state index contributed by atoms with van der Waals surface area (Å²) in [5, 5.41) is 17.4. The van der Waals surface area contributed by atoms with E-state index in [0.717, 1.165) is 42.7 Å². The van der Waals surface area contributed by atoms with Crippen molar-refractivity contribution < 1.29 is 33.8 Å². The first-order valence-electron chi connectivity index (χ1n) is 17.3. The summed E-state index contributed by atoms with van der Waals surface area (Å²) >= 11 is 1.16. The van der Waals surface area contributed by atoms with Gasteiger partial charge in [-0.05, 0) is 64.1 Å². The standard InChI is InChI=1S/C35H51N7O7S/c1-20(2)27(42(7)34(48)35(11-12-35)40-31(45)26-10-8-9-13-41(26)6)16-28(49-23(5)43)32-39-25(19-50-32)30(44)38-24(14-22(4)33(46)47)15-29-36-17-21(3)18-37-29/h17-20,22,24,26-28H,8-16H2,1-7H3,(H,38,44)(H,40,45)(H,46,47)/t22-,24+,26+,27+,28+/m0/s1. The number of esters is 1. The van der Waals surface area contributed by atoms with Crippen LogP contribution in [0.3, 0.4) is 0 Å². The molecule has 4 rings (SSSR count). The summed E-state index contributed by atoms with van der Waals surface area (Å²) in [5.74, 6) is -2.62. The molecule has 2 fully saturated rings. The average molecular weight is 714 g/mol. The number of hydrogen-bond donors (Lipinski definition) is 3. The van der Waals surface area contributed by atoms with Gasteiger partial charge in [-0.15, -0.1) is 11.3 Å². The Morgan fingerprint density at radius 3 is 2.38 bits per heavy atom. The van der Waals surface area contributed by atoms with Crippen LogP contribution >= 0.6 is 11.3 Å². The third-order valence-electron chi connectivity index (χ3n) is 9.63. The van der Waals surface area contributed by atoms with Crippen LogP contribution in [0, 0.1) is 18.8 Å². The number of aliphatic carboxylic acids is 1. The smallest absolute Gasteiger partial charge is 0.306 e. The molecule has 0 unspecified atom stereocenters. The third-order valence-corrected chi connectivity index (χ3v) is 10.6. The molecule has 0 radical (unpaired) electrons. The van der Waals surface area contributed by atoms with Gasteiger partial charge in [0.15, 0.2) is 6.10 Å². The van der Waals surface area contributed by atoms with Gasteiger partial charge in [-0.2, -0.15) is 0 Å². The van der Waals surface area contributed by atoms with Crippen LogP contribution in [0.2, 0.25) is 0 Å². The van der Waals surface area contributed by atoms with Crippen molar-refractivity contribution in [2.45, 2.75) is 116 Å². The molecule has 2 aliphatic rings. The minimum atomic E-state index is -0.982. The highest BCUT2D eigenvalue weighted by molar-refractivity contribution is 7.09. The lowest BCUT2D eigenvalue weighted by atomic mass is 9.95. The lowest BCUT2D eigenvalue weighted by Gasteiger charge is -2.37. The number of piperidine rings is 1. The van der Waals surface area contributed by atoms with E-state index in [4.69, 9.17) is 4.74 Å². The van der Waals surface area contributed by atoms with E-state index in [1.54, 1.807) is 36.6 Å². The molecule has 1 saturated carbocycles. The van der Waals surface area contributed by atoms with Crippen LogP contribution in [0.5, 0.6) is 0 Å². The Morgan fingerprint density at radius 1 is 1.12 bits per heavy atom. The van der Waals surface area contributed by atoms with Crippen molar-refractivity contribution in [2.24, 2.45) is 11.8 Å². The highest BCUT2D eigenvalue weighted by atomic mass is 32.1. The normalized spacial score (nSPS) is 19.5. The van der Waals surface area contributed by atoms with Gasteiger partial charge in [-0.3, -0.25) is 28.9 Å². The second-order valence-corrected chi connectivity index (χ2v) is 15.1. The predicted molar refractivity (Wildman–Crippen MR) is 186 cm³/mol. The number of nitrogens with zero attached hydrogens (tertiary/aromatic N) is 5. The Kier molecular flexibility index (Phi) is 13.1. The van der Waals surface area contributed by atoms with Gasteiger partial charge in [-0.1, -0.05) is 27.2 Å². The quantitative estimate of drug-likeness (QED) is 0.217. The maximum Gasteiger partial charge on any atom is 0.306 e. The van der Waals surface area contributed by atoms with Gasteiger partial charge in [0.05, 0.1) is 12.0 Å². The van der Waals surface area contributed by atoms with Gasteiger partial charge in [-0.25, -0.2) is 15.0 Å². The number of likely N-dealkylation sites (N-methyl/N-ethyl adjacent to an activating group) is 2. The third kappa shape index (κ3) is 10.1. The van der Waals surface area contributed by atoms with Crippen molar-refractivity contribution in [3.8, 4) is 0 Å². The summed E-state index contributed by atoms with van der Waals surface area (Å²) in [6, 6.07) is -1.21. The minimum Gasteiger partial charge on any atom is -0.481 e. The number of ether oxygens (including phenoxy) is 1. The van der Waals surface area contributed by atoms with E-state index < -0.39 is 41.4 Å². The van der Waals surface area contributed by atoms with Gasteiger partial charge in [0.25, 0.3) is 5.91 Å². The number of carboxylic acid groups (broad SMARTS) is 1. The predicted octanol–water partition coefficient (Wildman–Crippen LogP) is 3.30. The first kappa shape index (κ1) is 38.8.